The number of aliphatic imine (C=N–C) groups is 1. The van der Waals surface area contributed by atoms with Crippen molar-refractivity contribution in [1.82, 2.24) is 15.1 Å². The summed E-state index contributed by atoms with van der Waals surface area (Å²) >= 11 is 7.58. The van der Waals surface area contributed by atoms with Crippen molar-refractivity contribution in [3.8, 4) is 0 Å². The molecule has 1 atom stereocenters. The van der Waals surface area contributed by atoms with E-state index in [0.29, 0.717) is 6.61 Å². The Morgan fingerprint density at radius 3 is 2.72 bits per heavy atom. The van der Waals surface area contributed by atoms with E-state index in [-0.39, 0.29) is 12.0 Å². The first-order valence-corrected chi connectivity index (χ1v) is 9.97. The third-order valence-electron chi connectivity index (χ3n) is 4.59. The Balaban J connectivity index is 1.43. The predicted octanol–water partition coefficient (Wildman–Crippen LogP) is 1.84. The minimum absolute atomic E-state index is 0.148. The molecule has 3 rings (SSSR count). The number of thiophene rings is 1. The van der Waals surface area contributed by atoms with E-state index in [1.54, 1.807) is 18.4 Å². The monoisotopic (exact) mass is 384 g/mol. The Morgan fingerprint density at radius 2 is 2.12 bits per heavy atom. The summed E-state index contributed by atoms with van der Waals surface area (Å²) in [6, 6.07) is 3.99. The van der Waals surface area contributed by atoms with Crippen LogP contribution in [0.4, 0.5) is 0 Å². The number of hydrogen-bond acceptors (Lipinski definition) is 4. The Labute approximate surface area is 157 Å². The molecule has 1 aromatic rings. The molecule has 0 spiro atoms. The fourth-order valence-electron chi connectivity index (χ4n) is 3.23. The molecule has 0 radical (unpaired) electrons. The summed E-state index contributed by atoms with van der Waals surface area (Å²) in [6.07, 6.45) is 2.55. The summed E-state index contributed by atoms with van der Waals surface area (Å²) in [5, 5.41) is 3.41. The van der Waals surface area contributed by atoms with E-state index in [2.05, 4.69) is 21.3 Å². The van der Waals surface area contributed by atoms with Crippen molar-refractivity contribution >= 4 is 34.8 Å². The van der Waals surface area contributed by atoms with Crippen molar-refractivity contribution in [3.05, 3.63) is 21.3 Å². The van der Waals surface area contributed by atoms with Crippen LogP contribution in [0, 0.1) is 0 Å². The van der Waals surface area contributed by atoms with Gasteiger partial charge in [0.25, 0.3) is 5.91 Å². The highest BCUT2D eigenvalue weighted by atomic mass is 35.5. The van der Waals surface area contributed by atoms with Crippen LogP contribution in [0.2, 0.25) is 4.34 Å². The van der Waals surface area contributed by atoms with Gasteiger partial charge in [-0.2, -0.15) is 0 Å². The van der Waals surface area contributed by atoms with Gasteiger partial charge in [-0.05, 0) is 31.4 Å². The standard InChI is InChI=1S/C17H25ClN4O2S/c1-19-17(20-7-6-13-4-5-15(18)25-13)22-10-8-21(9-11-22)16(23)14-3-2-12-24-14/h4-5,14H,2-3,6-12H2,1H3,(H,19,20). The number of rotatable bonds is 4. The zero-order valence-electron chi connectivity index (χ0n) is 14.5. The number of ether oxygens (including phenoxy) is 1. The van der Waals surface area contributed by atoms with Crippen LogP contribution in [-0.4, -0.2) is 74.1 Å². The van der Waals surface area contributed by atoms with Crippen molar-refractivity contribution in [2.24, 2.45) is 4.99 Å². The fraction of sp³-hybridized carbons (Fsp3) is 0.647. The molecular weight excluding hydrogens is 360 g/mol. The summed E-state index contributed by atoms with van der Waals surface area (Å²) in [5.74, 6) is 1.04. The second-order valence-electron chi connectivity index (χ2n) is 6.24. The second-order valence-corrected chi connectivity index (χ2v) is 8.04. The predicted molar refractivity (Wildman–Crippen MR) is 102 cm³/mol. The molecule has 2 fully saturated rings. The van der Waals surface area contributed by atoms with E-state index >= 15 is 0 Å². The van der Waals surface area contributed by atoms with Crippen molar-refractivity contribution < 1.29 is 9.53 Å². The van der Waals surface area contributed by atoms with E-state index in [4.69, 9.17) is 16.3 Å². The largest absolute Gasteiger partial charge is 0.368 e. The van der Waals surface area contributed by atoms with Gasteiger partial charge in [0.1, 0.15) is 6.10 Å². The maximum absolute atomic E-state index is 12.4. The van der Waals surface area contributed by atoms with Crippen LogP contribution >= 0.6 is 22.9 Å². The molecule has 6 nitrogen and oxygen atoms in total. The first-order valence-electron chi connectivity index (χ1n) is 8.77. The molecule has 3 heterocycles. The van der Waals surface area contributed by atoms with E-state index in [1.165, 1.54) is 4.88 Å². The molecule has 0 bridgehead atoms. The van der Waals surface area contributed by atoms with Crippen LogP contribution in [0.25, 0.3) is 0 Å². The average molecular weight is 385 g/mol. The molecule has 0 aromatic carbocycles. The molecule has 138 valence electrons. The number of amides is 1. The Morgan fingerprint density at radius 1 is 1.36 bits per heavy atom. The lowest BCUT2D eigenvalue weighted by Gasteiger charge is -2.37. The highest BCUT2D eigenvalue weighted by Gasteiger charge is 2.30. The molecule has 1 aromatic heterocycles. The fourth-order valence-corrected chi connectivity index (χ4v) is 4.32. The molecule has 0 aliphatic carbocycles. The van der Waals surface area contributed by atoms with Crippen molar-refractivity contribution in [1.29, 1.82) is 0 Å². The number of nitrogens with zero attached hydrogens (tertiary/aromatic N) is 3. The SMILES string of the molecule is CN=C(NCCc1ccc(Cl)s1)N1CCN(C(=O)C2CCCO2)CC1. The highest BCUT2D eigenvalue weighted by molar-refractivity contribution is 7.16. The minimum atomic E-state index is -0.221. The van der Waals surface area contributed by atoms with Crippen LogP contribution in [-0.2, 0) is 16.0 Å². The summed E-state index contributed by atoms with van der Waals surface area (Å²) in [7, 11) is 1.80. The Hall–Kier alpha value is -1.31. The third kappa shape index (κ3) is 4.86. The molecule has 8 heteroatoms. The number of carbonyl (C=O) groups excluding carboxylic acids is 1. The molecule has 1 unspecified atom stereocenters. The van der Waals surface area contributed by atoms with Gasteiger partial charge in [-0.25, -0.2) is 0 Å². The van der Waals surface area contributed by atoms with E-state index < -0.39 is 0 Å². The number of halogens is 1. The molecular formula is C17H25ClN4O2S. The number of guanidine groups is 1. The molecule has 2 aliphatic rings. The topological polar surface area (TPSA) is 57.2 Å². The van der Waals surface area contributed by atoms with Gasteiger partial charge < -0.3 is 19.9 Å². The summed E-state index contributed by atoms with van der Waals surface area (Å²) < 4.78 is 6.34. The third-order valence-corrected chi connectivity index (χ3v) is 5.88. The van der Waals surface area contributed by atoms with Crippen LogP contribution in [0.15, 0.2) is 17.1 Å². The van der Waals surface area contributed by atoms with Crippen molar-refractivity contribution in [2.45, 2.75) is 25.4 Å². The van der Waals surface area contributed by atoms with Crippen LogP contribution in [0.3, 0.4) is 0 Å². The summed E-state index contributed by atoms with van der Waals surface area (Å²) in [4.78, 5) is 22.2. The van der Waals surface area contributed by atoms with Gasteiger partial charge in [0.15, 0.2) is 5.96 Å². The van der Waals surface area contributed by atoms with Gasteiger partial charge in [0.05, 0.1) is 4.34 Å². The van der Waals surface area contributed by atoms with Crippen LogP contribution < -0.4 is 5.32 Å². The van der Waals surface area contributed by atoms with E-state index in [0.717, 1.165) is 62.3 Å². The number of piperazine rings is 1. The molecule has 0 saturated carbocycles. The molecule has 2 aliphatic heterocycles. The van der Waals surface area contributed by atoms with Gasteiger partial charge >= 0.3 is 0 Å². The average Bonchev–Trinajstić information content (AvgIpc) is 3.30. The van der Waals surface area contributed by atoms with E-state index in [9.17, 15) is 4.79 Å². The molecule has 1 N–H and O–H groups in total. The Kier molecular flexibility index (Phi) is 6.56. The lowest BCUT2D eigenvalue weighted by Crippen LogP contribution is -2.55. The maximum atomic E-state index is 12.4. The van der Waals surface area contributed by atoms with Crippen molar-refractivity contribution in [2.75, 3.05) is 46.4 Å². The summed E-state index contributed by atoms with van der Waals surface area (Å²) in [5.41, 5.74) is 0. The maximum Gasteiger partial charge on any atom is 0.251 e. The van der Waals surface area contributed by atoms with Crippen LogP contribution in [0.5, 0.6) is 0 Å². The normalized spacial score (nSPS) is 21.7. The zero-order valence-corrected chi connectivity index (χ0v) is 16.1. The number of carbonyl (C=O) groups is 1. The smallest absolute Gasteiger partial charge is 0.251 e. The van der Waals surface area contributed by atoms with Crippen molar-refractivity contribution in [3.63, 3.8) is 0 Å². The lowest BCUT2D eigenvalue weighted by molar-refractivity contribution is -0.142. The first-order chi connectivity index (χ1) is 12.2. The van der Waals surface area contributed by atoms with Gasteiger partial charge in [-0.15, -0.1) is 11.3 Å². The minimum Gasteiger partial charge on any atom is -0.368 e. The first kappa shape index (κ1) is 18.5. The Bertz CT molecular complexity index is 608. The molecule has 25 heavy (non-hydrogen) atoms. The summed E-state index contributed by atoms with van der Waals surface area (Å²) in [6.45, 7) is 4.56. The van der Waals surface area contributed by atoms with Gasteiger partial charge in [0, 0.05) is 51.3 Å². The number of nitrogens with one attached hydrogen (secondary N) is 1. The number of hydrogen-bond donors (Lipinski definition) is 1. The molecule has 1 amide bonds. The highest BCUT2D eigenvalue weighted by Crippen LogP contribution is 2.21. The zero-order chi connectivity index (χ0) is 17.6. The second kappa shape index (κ2) is 8.87. The van der Waals surface area contributed by atoms with Crippen LogP contribution in [0.1, 0.15) is 17.7 Å². The quantitative estimate of drug-likeness (QED) is 0.635. The van der Waals surface area contributed by atoms with E-state index in [1.807, 2.05) is 11.0 Å². The van der Waals surface area contributed by atoms with Gasteiger partial charge in [-0.1, -0.05) is 11.6 Å². The lowest BCUT2D eigenvalue weighted by atomic mass is 10.2. The molecule has 2 saturated heterocycles. The van der Waals surface area contributed by atoms with Gasteiger partial charge in [-0.3, -0.25) is 9.79 Å². The van der Waals surface area contributed by atoms with Gasteiger partial charge in [0.2, 0.25) is 0 Å².